The lowest BCUT2D eigenvalue weighted by molar-refractivity contribution is 0.0710. The molecule has 1 rings (SSSR count). The number of Topliss-reactive ketones (excluding diaryl/α,β-unsaturated/α-hetero) is 1. The summed E-state index contributed by atoms with van der Waals surface area (Å²) >= 11 is 0. The summed E-state index contributed by atoms with van der Waals surface area (Å²) in [5.74, 6) is 0.191. The predicted molar refractivity (Wildman–Crippen MR) is 86.7 cm³/mol. The van der Waals surface area contributed by atoms with Crippen LogP contribution in [0.2, 0.25) is 0 Å². The molecule has 0 fully saturated rings. The van der Waals surface area contributed by atoms with Crippen LogP contribution >= 0.6 is 0 Å². The maximum atomic E-state index is 12.7. The molecule has 0 spiro atoms. The minimum Gasteiger partial charge on any atom is -0.372 e. The summed E-state index contributed by atoms with van der Waals surface area (Å²) in [6, 6.07) is 8.00. The Kier molecular flexibility index (Phi) is 5.75. The number of nitrogens with zero attached hydrogens (tertiary/aromatic N) is 2. The fraction of sp³-hybridized carbons (Fsp3) is 0.588. The molecule has 20 heavy (non-hydrogen) atoms. The minimum atomic E-state index is -0.434. The van der Waals surface area contributed by atoms with Crippen LogP contribution in [-0.4, -0.2) is 43.4 Å². The lowest BCUT2D eigenvalue weighted by Gasteiger charge is -2.34. The zero-order valence-electron chi connectivity index (χ0n) is 13.7. The Hall–Kier alpha value is -1.35. The molecule has 0 radical (unpaired) electrons. The van der Waals surface area contributed by atoms with Gasteiger partial charge in [-0.25, -0.2) is 0 Å². The van der Waals surface area contributed by atoms with Crippen LogP contribution in [0, 0.1) is 0 Å². The van der Waals surface area contributed by atoms with Crippen molar-refractivity contribution in [3.05, 3.63) is 29.8 Å². The van der Waals surface area contributed by atoms with Crippen molar-refractivity contribution in [1.82, 2.24) is 4.90 Å². The van der Waals surface area contributed by atoms with E-state index in [-0.39, 0.29) is 5.78 Å². The third-order valence-electron chi connectivity index (χ3n) is 4.42. The lowest BCUT2D eigenvalue weighted by atomic mass is 9.87. The average Bonchev–Trinajstić information content (AvgIpc) is 2.47. The van der Waals surface area contributed by atoms with Crippen LogP contribution in [0.1, 0.15) is 44.5 Å². The van der Waals surface area contributed by atoms with Crippen LogP contribution in [-0.2, 0) is 0 Å². The SMILES string of the molecule is CCN(CC)c1ccc(C(=O)C(C)(CC)N(C)C)cc1. The Labute approximate surface area is 123 Å². The highest BCUT2D eigenvalue weighted by Gasteiger charge is 2.34. The van der Waals surface area contributed by atoms with E-state index in [1.807, 2.05) is 50.2 Å². The molecule has 112 valence electrons. The first kappa shape index (κ1) is 16.7. The van der Waals surface area contributed by atoms with Gasteiger partial charge < -0.3 is 4.90 Å². The fourth-order valence-corrected chi connectivity index (χ4v) is 2.40. The van der Waals surface area contributed by atoms with E-state index in [9.17, 15) is 4.79 Å². The molecule has 1 unspecified atom stereocenters. The minimum absolute atomic E-state index is 0.191. The smallest absolute Gasteiger partial charge is 0.182 e. The molecule has 0 saturated carbocycles. The summed E-state index contributed by atoms with van der Waals surface area (Å²) in [6.45, 7) is 10.3. The van der Waals surface area contributed by atoms with Crippen LogP contribution in [0.15, 0.2) is 24.3 Å². The molecule has 0 aromatic heterocycles. The van der Waals surface area contributed by atoms with Crippen LogP contribution < -0.4 is 4.90 Å². The van der Waals surface area contributed by atoms with Gasteiger partial charge in [-0.1, -0.05) is 6.92 Å². The first-order chi connectivity index (χ1) is 9.40. The van der Waals surface area contributed by atoms with E-state index in [4.69, 9.17) is 0 Å². The van der Waals surface area contributed by atoms with Gasteiger partial charge in [0.05, 0.1) is 5.54 Å². The summed E-state index contributed by atoms with van der Waals surface area (Å²) in [6.07, 6.45) is 0.802. The van der Waals surface area contributed by atoms with Crippen LogP contribution in [0.4, 0.5) is 5.69 Å². The zero-order chi connectivity index (χ0) is 15.3. The molecule has 0 aliphatic carbocycles. The number of hydrogen-bond donors (Lipinski definition) is 0. The summed E-state index contributed by atoms with van der Waals surface area (Å²) in [5.41, 5.74) is 1.53. The van der Waals surface area contributed by atoms with Crippen LogP contribution in [0.3, 0.4) is 0 Å². The molecule has 1 atom stereocenters. The van der Waals surface area contributed by atoms with Crippen molar-refractivity contribution in [2.75, 3.05) is 32.1 Å². The molecule has 0 bridgehead atoms. The quantitative estimate of drug-likeness (QED) is 0.713. The van der Waals surface area contributed by atoms with E-state index in [0.717, 1.165) is 25.1 Å². The first-order valence-electron chi connectivity index (χ1n) is 7.47. The molecule has 1 aromatic rings. The molecule has 0 aliphatic rings. The normalized spacial score (nSPS) is 14.2. The van der Waals surface area contributed by atoms with Crippen molar-refractivity contribution >= 4 is 11.5 Å². The monoisotopic (exact) mass is 276 g/mol. The fourth-order valence-electron chi connectivity index (χ4n) is 2.40. The maximum absolute atomic E-state index is 12.7. The van der Waals surface area contributed by atoms with Gasteiger partial charge in [-0.3, -0.25) is 9.69 Å². The number of likely N-dealkylation sites (N-methyl/N-ethyl adjacent to an activating group) is 1. The van der Waals surface area contributed by atoms with E-state index in [1.165, 1.54) is 5.69 Å². The maximum Gasteiger partial charge on any atom is 0.182 e. The summed E-state index contributed by atoms with van der Waals surface area (Å²) < 4.78 is 0. The van der Waals surface area contributed by atoms with Crippen molar-refractivity contribution in [3.8, 4) is 0 Å². The molecule has 0 aliphatic heterocycles. The number of carbonyl (C=O) groups is 1. The topological polar surface area (TPSA) is 23.6 Å². The van der Waals surface area contributed by atoms with Crippen LogP contribution in [0.25, 0.3) is 0 Å². The number of benzene rings is 1. The highest BCUT2D eigenvalue weighted by atomic mass is 16.1. The largest absolute Gasteiger partial charge is 0.372 e. The second-order valence-corrected chi connectivity index (χ2v) is 5.57. The highest BCUT2D eigenvalue weighted by molar-refractivity contribution is 6.03. The zero-order valence-corrected chi connectivity index (χ0v) is 13.7. The second kappa shape index (κ2) is 6.89. The molecular formula is C17H28N2O. The van der Waals surface area contributed by atoms with Crippen molar-refractivity contribution in [1.29, 1.82) is 0 Å². The highest BCUT2D eigenvalue weighted by Crippen LogP contribution is 2.24. The standard InChI is InChI=1S/C17H28N2O/c1-7-17(4,18(5)6)16(20)14-10-12-15(13-11-14)19(8-2)9-3/h10-13H,7-9H2,1-6H3. The summed E-state index contributed by atoms with van der Waals surface area (Å²) in [7, 11) is 3.93. The van der Waals surface area contributed by atoms with Gasteiger partial charge in [0.1, 0.15) is 0 Å². The molecule has 3 heteroatoms. The third-order valence-corrected chi connectivity index (χ3v) is 4.42. The van der Waals surface area contributed by atoms with Gasteiger partial charge in [0, 0.05) is 24.3 Å². The number of ketones is 1. The third kappa shape index (κ3) is 3.21. The van der Waals surface area contributed by atoms with Crippen LogP contribution in [0.5, 0.6) is 0 Å². The van der Waals surface area contributed by atoms with Gasteiger partial charge in [-0.15, -0.1) is 0 Å². The molecule has 1 aromatic carbocycles. The van der Waals surface area contributed by atoms with E-state index in [1.54, 1.807) is 0 Å². The molecular weight excluding hydrogens is 248 g/mol. The molecule has 0 amide bonds. The van der Waals surface area contributed by atoms with E-state index < -0.39 is 5.54 Å². The van der Waals surface area contributed by atoms with Gasteiger partial charge in [-0.05, 0) is 65.6 Å². The molecule has 0 saturated heterocycles. The van der Waals surface area contributed by atoms with E-state index in [2.05, 4.69) is 25.7 Å². The second-order valence-electron chi connectivity index (χ2n) is 5.57. The van der Waals surface area contributed by atoms with Gasteiger partial charge in [0.25, 0.3) is 0 Å². The Morgan fingerprint density at radius 3 is 1.90 bits per heavy atom. The first-order valence-corrected chi connectivity index (χ1v) is 7.47. The van der Waals surface area contributed by atoms with Gasteiger partial charge in [0.2, 0.25) is 0 Å². The van der Waals surface area contributed by atoms with Crippen molar-refractivity contribution in [2.45, 2.75) is 39.7 Å². The Balaban J connectivity index is 3.01. The van der Waals surface area contributed by atoms with Crippen molar-refractivity contribution in [3.63, 3.8) is 0 Å². The number of rotatable bonds is 7. The number of hydrogen-bond acceptors (Lipinski definition) is 3. The number of anilines is 1. The summed E-state index contributed by atoms with van der Waals surface area (Å²) in [5, 5.41) is 0. The van der Waals surface area contributed by atoms with Crippen molar-refractivity contribution in [2.24, 2.45) is 0 Å². The van der Waals surface area contributed by atoms with E-state index in [0.29, 0.717) is 0 Å². The molecule has 3 nitrogen and oxygen atoms in total. The average molecular weight is 276 g/mol. The summed E-state index contributed by atoms with van der Waals surface area (Å²) in [4.78, 5) is 17.0. The Bertz CT molecular complexity index is 435. The predicted octanol–water partition coefficient (Wildman–Crippen LogP) is 3.45. The Morgan fingerprint density at radius 2 is 1.55 bits per heavy atom. The Morgan fingerprint density at radius 1 is 1.05 bits per heavy atom. The van der Waals surface area contributed by atoms with Gasteiger partial charge in [-0.2, -0.15) is 0 Å². The number of carbonyl (C=O) groups excluding carboxylic acids is 1. The lowest BCUT2D eigenvalue weighted by Crippen LogP contribution is -2.48. The molecule has 0 heterocycles. The van der Waals surface area contributed by atoms with Gasteiger partial charge >= 0.3 is 0 Å². The van der Waals surface area contributed by atoms with E-state index >= 15 is 0 Å². The molecule has 0 N–H and O–H groups in total. The van der Waals surface area contributed by atoms with Crippen molar-refractivity contribution < 1.29 is 4.79 Å². The van der Waals surface area contributed by atoms with Gasteiger partial charge in [0.15, 0.2) is 5.78 Å².